The Balaban J connectivity index is 1.67. The van der Waals surface area contributed by atoms with Gasteiger partial charge in [-0.25, -0.2) is 4.98 Å². The van der Waals surface area contributed by atoms with Gasteiger partial charge in [-0.15, -0.1) is 11.3 Å². The first-order valence-electron chi connectivity index (χ1n) is 7.40. The van der Waals surface area contributed by atoms with Gasteiger partial charge < -0.3 is 19.7 Å². The molecule has 0 spiro atoms. The molecule has 0 bridgehead atoms. The molecule has 1 aliphatic rings. The summed E-state index contributed by atoms with van der Waals surface area (Å²) in [5, 5.41) is 4.62. The maximum absolute atomic E-state index is 12.4. The number of aromatic nitrogens is 1. The summed E-state index contributed by atoms with van der Waals surface area (Å²) in [6, 6.07) is 5.63. The largest absolute Gasteiger partial charge is 0.486 e. The van der Waals surface area contributed by atoms with Crippen LogP contribution < -0.4 is 14.8 Å². The number of ether oxygens (including phenoxy) is 2. The van der Waals surface area contributed by atoms with Crippen molar-refractivity contribution in [1.29, 1.82) is 0 Å². The molecule has 1 aliphatic heterocycles. The summed E-state index contributed by atoms with van der Waals surface area (Å²) in [4.78, 5) is 29.2. The molecule has 7 nitrogen and oxygen atoms in total. The molecule has 126 valence electrons. The van der Waals surface area contributed by atoms with E-state index < -0.39 is 0 Å². The summed E-state index contributed by atoms with van der Waals surface area (Å²) in [6.07, 6.45) is 0. The average molecular weight is 347 g/mol. The van der Waals surface area contributed by atoms with Crippen LogP contribution in [0.25, 0.3) is 0 Å². The van der Waals surface area contributed by atoms with Crippen molar-refractivity contribution in [3.05, 3.63) is 34.8 Å². The third-order valence-electron chi connectivity index (χ3n) is 3.38. The molecular formula is C16H17N3O4S. The quantitative estimate of drug-likeness (QED) is 0.916. The lowest BCUT2D eigenvalue weighted by atomic mass is 10.2. The van der Waals surface area contributed by atoms with Crippen LogP contribution in [0.2, 0.25) is 0 Å². The van der Waals surface area contributed by atoms with Gasteiger partial charge in [0.15, 0.2) is 16.6 Å². The van der Waals surface area contributed by atoms with Crippen LogP contribution in [0.5, 0.6) is 11.5 Å². The van der Waals surface area contributed by atoms with Gasteiger partial charge >= 0.3 is 0 Å². The van der Waals surface area contributed by atoms with Crippen LogP contribution in [0.4, 0.5) is 5.13 Å². The molecule has 2 amide bonds. The molecule has 8 heteroatoms. The maximum Gasteiger partial charge on any atom is 0.273 e. The second-order valence-corrected chi connectivity index (χ2v) is 6.22. The van der Waals surface area contributed by atoms with E-state index in [0.29, 0.717) is 36.3 Å². The van der Waals surface area contributed by atoms with Gasteiger partial charge in [0.05, 0.1) is 0 Å². The smallest absolute Gasteiger partial charge is 0.273 e. The van der Waals surface area contributed by atoms with E-state index in [9.17, 15) is 9.59 Å². The van der Waals surface area contributed by atoms with E-state index in [1.807, 2.05) is 18.2 Å². The van der Waals surface area contributed by atoms with Gasteiger partial charge in [0.1, 0.15) is 18.9 Å². The Morgan fingerprint density at radius 2 is 2.04 bits per heavy atom. The molecule has 1 N–H and O–H groups in total. The van der Waals surface area contributed by atoms with E-state index in [-0.39, 0.29) is 11.8 Å². The predicted octanol–water partition coefficient (Wildman–Crippen LogP) is 2.14. The molecule has 1 aromatic heterocycles. The van der Waals surface area contributed by atoms with Crippen LogP contribution in [0.3, 0.4) is 0 Å². The second-order valence-electron chi connectivity index (χ2n) is 5.36. The lowest BCUT2D eigenvalue weighted by Crippen LogP contribution is -2.26. The summed E-state index contributed by atoms with van der Waals surface area (Å²) < 4.78 is 11.0. The highest BCUT2D eigenvalue weighted by Gasteiger charge is 2.18. The molecule has 0 fully saturated rings. The van der Waals surface area contributed by atoms with Gasteiger partial charge in [-0.05, 0) is 17.7 Å². The standard InChI is InChI=1S/C16H17N3O4S/c1-10(20)17-16-18-12(9-24-16)15(21)19(2)8-11-3-4-13-14(7-11)23-6-5-22-13/h3-4,7,9H,5-6,8H2,1-2H3,(H,17,18,20). The number of thiazole rings is 1. The lowest BCUT2D eigenvalue weighted by molar-refractivity contribution is -0.114. The van der Waals surface area contributed by atoms with Crippen LogP contribution in [-0.4, -0.2) is 42.0 Å². The molecule has 1 aromatic carbocycles. The maximum atomic E-state index is 12.4. The molecule has 0 aliphatic carbocycles. The number of carbonyl (C=O) groups is 2. The molecule has 24 heavy (non-hydrogen) atoms. The van der Waals surface area contributed by atoms with Crippen molar-refractivity contribution in [1.82, 2.24) is 9.88 Å². The van der Waals surface area contributed by atoms with Crippen LogP contribution in [0, 0.1) is 0 Å². The van der Waals surface area contributed by atoms with E-state index in [1.165, 1.54) is 18.3 Å². The van der Waals surface area contributed by atoms with Crippen molar-refractivity contribution < 1.29 is 19.1 Å². The fourth-order valence-corrected chi connectivity index (χ4v) is 3.04. The highest BCUT2D eigenvalue weighted by molar-refractivity contribution is 7.14. The topological polar surface area (TPSA) is 80.8 Å². The van der Waals surface area contributed by atoms with Gasteiger partial charge in [0, 0.05) is 25.9 Å². The Hall–Kier alpha value is -2.61. The van der Waals surface area contributed by atoms with E-state index >= 15 is 0 Å². The molecule has 0 saturated heterocycles. The van der Waals surface area contributed by atoms with Gasteiger partial charge in [0.2, 0.25) is 5.91 Å². The second kappa shape index (κ2) is 6.88. The Bertz CT molecular complexity index is 774. The number of hydrogen-bond acceptors (Lipinski definition) is 6. The van der Waals surface area contributed by atoms with Crippen LogP contribution in [0.15, 0.2) is 23.6 Å². The SMILES string of the molecule is CC(=O)Nc1nc(C(=O)N(C)Cc2ccc3c(c2)OCCO3)cs1. The fourth-order valence-electron chi connectivity index (χ4n) is 2.31. The van der Waals surface area contributed by atoms with Crippen LogP contribution >= 0.6 is 11.3 Å². The van der Waals surface area contributed by atoms with Crippen molar-refractivity contribution in [3.8, 4) is 11.5 Å². The monoisotopic (exact) mass is 347 g/mol. The van der Waals surface area contributed by atoms with Crippen molar-refractivity contribution in [2.45, 2.75) is 13.5 Å². The molecular weight excluding hydrogens is 330 g/mol. The Morgan fingerprint density at radius 1 is 1.29 bits per heavy atom. The zero-order valence-electron chi connectivity index (χ0n) is 13.4. The van der Waals surface area contributed by atoms with Crippen LogP contribution in [0.1, 0.15) is 23.0 Å². The zero-order valence-corrected chi connectivity index (χ0v) is 14.2. The average Bonchev–Trinajstić information content (AvgIpc) is 3.01. The number of nitrogens with one attached hydrogen (secondary N) is 1. The highest BCUT2D eigenvalue weighted by atomic mass is 32.1. The normalized spacial score (nSPS) is 12.6. The van der Waals surface area contributed by atoms with Gasteiger partial charge in [-0.1, -0.05) is 6.07 Å². The van der Waals surface area contributed by atoms with E-state index in [1.54, 1.807) is 17.3 Å². The van der Waals surface area contributed by atoms with Crippen molar-refractivity contribution in [3.63, 3.8) is 0 Å². The molecule has 0 atom stereocenters. The van der Waals surface area contributed by atoms with Gasteiger partial charge in [-0.3, -0.25) is 9.59 Å². The first-order valence-corrected chi connectivity index (χ1v) is 8.28. The first-order chi connectivity index (χ1) is 11.5. The summed E-state index contributed by atoms with van der Waals surface area (Å²) in [6.45, 7) is 2.89. The minimum atomic E-state index is -0.215. The molecule has 3 rings (SSSR count). The number of carbonyl (C=O) groups excluding carboxylic acids is 2. The van der Waals surface area contributed by atoms with Crippen molar-refractivity contribution in [2.75, 3.05) is 25.6 Å². The van der Waals surface area contributed by atoms with Crippen molar-refractivity contribution in [2.24, 2.45) is 0 Å². The minimum Gasteiger partial charge on any atom is -0.486 e. The number of amides is 2. The Kier molecular flexibility index (Phi) is 4.66. The minimum absolute atomic E-state index is 0.210. The predicted molar refractivity (Wildman–Crippen MR) is 89.6 cm³/mol. The van der Waals surface area contributed by atoms with E-state index in [2.05, 4.69) is 10.3 Å². The molecule has 0 unspecified atom stereocenters. The number of fused-ring (bicyclic) bond motifs is 1. The molecule has 0 saturated carbocycles. The number of rotatable bonds is 4. The number of benzene rings is 1. The summed E-state index contributed by atoms with van der Waals surface area (Å²) in [5.41, 5.74) is 1.25. The third kappa shape index (κ3) is 3.65. The number of hydrogen-bond donors (Lipinski definition) is 1. The molecule has 2 heterocycles. The molecule has 2 aromatic rings. The summed E-state index contributed by atoms with van der Waals surface area (Å²) in [5.74, 6) is 0.991. The first kappa shape index (κ1) is 16.3. The summed E-state index contributed by atoms with van der Waals surface area (Å²) >= 11 is 1.22. The van der Waals surface area contributed by atoms with E-state index in [0.717, 1.165) is 11.3 Å². The van der Waals surface area contributed by atoms with Crippen molar-refractivity contribution >= 4 is 28.3 Å². The summed E-state index contributed by atoms with van der Waals surface area (Å²) in [7, 11) is 1.70. The van der Waals surface area contributed by atoms with Gasteiger partial charge in [-0.2, -0.15) is 0 Å². The third-order valence-corrected chi connectivity index (χ3v) is 4.14. The lowest BCUT2D eigenvalue weighted by Gasteiger charge is -2.20. The highest BCUT2D eigenvalue weighted by Crippen LogP contribution is 2.31. The van der Waals surface area contributed by atoms with Crippen LogP contribution in [-0.2, 0) is 11.3 Å². The molecule has 0 radical (unpaired) electrons. The number of anilines is 1. The van der Waals surface area contributed by atoms with E-state index in [4.69, 9.17) is 9.47 Å². The van der Waals surface area contributed by atoms with Gasteiger partial charge in [0.25, 0.3) is 5.91 Å². The number of nitrogens with zero attached hydrogens (tertiary/aromatic N) is 2. The fraction of sp³-hybridized carbons (Fsp3) is 0.312. The zero-order chi connectivity index (χ0) is 17.1. The Labute approximate surface area is 143 Å². The Morgan fingerprint density at radius 3 is 2.79 bits per heavy atom.